The maximum absolute atomic E-state index is 13.9. The summed E-state index contributed by atoms with van der Waals surface area (Å²) in [5, 5.41) is 1.89. The normalized spacial score (nSPS) is 18.8. The maximum Gasteiger partial charge on any atom is 0.148 e. The smallest absolute Gasteiger partial charge is 0.148 e. The Morgan fingerprint density at radius 1 is 1.67 bits per heavy atom. The molecule has 1 nitrogen and oxygen atoms in total. The monoisotopic (exact) mass is 187 g/mol. The van der Waals surface area contributed by atoms with Crippen molar-refractivity contribution < 1.29 is 4.39 Å². The Morgan fingerprint density at radius 3 is 2.58 bits per heavy atom. The first kappa shape index (κ1) is 9.68. The summed E-state index contributed by atoms with van der Waals surface area (Å²) in [7, 11) is 0. The quantitative estimate of drug-likeness (QED) is 0.756. The second-order valence-corrected chi connectivity index (χ2v) is 4.37. The van der Waals surface area contributed by atoms with E-state index >= 15 is 0 Å². The Labute approximate surface area is 76.4 Å². The lowest BCUT2D eigenvalue weighted by Gasteiger charge is -2.24. The first-order valence-electron chi connectivity index (χ1n) is 3.95. The van der Waals surface area contributed by atoms with Crippen molar-refractivity contribution in [2.45, 2.75) is 32.5 Å². The van der Waals surface area contributed by atoms with E-state index in [0.29, 0.717) is 0 Å². The molecular weight excluding hydrogens is 173 g/mol. The highest BCUT2D eigenvalue weighted by molar-refractivity contribution is 7.10. The molecule has 0 bridgehead atoms. The Kier molecular flexibility index (Phi) is 2.54. The van der Waals surface area contributed by atoms with Crippen LogP contribution in [0.15, 0.2) is 11.4 Å². The number of alkyl halides is 1. The molecule has 2 unspecified atom stereocenters. The van der Waals surface area contributed by atoms with Crippen LogP contribution in [0.2, 0.25) is 0 Å². The summed E-state index contributed by atoms with van der Waals surface area (Å²) in [6, 6.07) is 1.34. The van der Waals surface area contributed by atoms with Crippen LogP contribution in [0, 0.1) is 6.92 Å². The summed E-state index contributed by atoms with van der Waals surface area (Å²) in [4.78, 5) is 1.01. The van der Waals surface area contributed by atoms with Gasteiger partial charge in [0.05, 0.1) is 0 Å². The van der Waals surface area contributed by atoms with Gasteiger partial charge in [-0.2, -0.15) is 0 Å². The summed E-state index contributed by atoms with van der Waals surface area (Å²) in [6.07, 6.45) is 0. The first-order chi connectivity index (χ1) is 5.46. The third-order valence-corrected chi connectivity index (χ3v) is 3.09. The molecule has 3 heteroatoms. The van der Waals surface area contributed by atoms with Gasteiger partial charge in [0, 0.05) is 16.5 Å². The van der Waals surface area contributed by atoms with E-state index in [-0.39, 0.29) is 0 Å². The van der Waals surface area contributed by atoms with Crippen LogP contribution in [-0.2, 0) is 5.67 Å². The third kappa shape index (κ3) is 1.52. The van der Waals surface area contributed by atoms with Gasteiger partial charge in [-0.3, -0.25) is 0 Å². The number of hydrogen-bond donors (Lipinski definition) is 1. The van der Waals surface area contributed by atoms with Gasteiger partial charge in [-0.1, -0.05) is 0 Å². The lowest BCUT2D eigenvalue weighted by molar-refractivity contribution is 0.157. The number of thiophene rings is 1. The molecule has 1 aromatic heterocycles. The molecule has 1 rings (SSSR count). The zero-order chi connectivity index (χ0) is 9.35. The molecule has 12 heavy (non-hydrogen) atoms. The molecule has 0 aromatic carbocycles. The van der Waals surface area contributed by atoms with Crippen LogP contribution in [-0.4, -0.2) is 6.04 Å². The van der Waals surface area contributed by atoms with Crippen LogP contribution in [0.5, 0.6) is 0 Å². The van der Waals surface area contributed by atoms with E-state index in [2.05, 4.69) is 0 Å². The van der Waals surface area contributed by atoms with Gasteiger partial charge in [0.25, 0.3) is 0 Å². The average Bonchev–Trinajstić information content (AvgIpc) is 2.35. The highest BCUT2D eigenvalue weighted by Gasteiger charge is 2.32. The number of rotatable bonds is 2. The molecule has 0 aliphatic carbocycles. The Hall–Kier alpha value is -0.410. The topological polar surface area (TPSA) is 26.0 Å². The standard InChI is InChI=1S/C9H14FNS/c1-6-8(4-5-12-6)9(3,10)7(2)11/h4-5,7H,11H2,1-3H3. The summed E-state index contributed by atoms with van der Waals surface area (Å²) in [5.41, 5.74) is 4.89. The minimum atomic E-state index is -1.40. The van der Waals surface area contributed by atoms with E-state index in [9.17, 15) is 4.39 Å². The van der Waals surface area contributed by atoms with Crippen LogP contribution in [0.4, 0.5) is 4.39 Å². The van der Waals surface area contributed by atoms with Crippen molar-refractivity contribution in [1.82, 2.24) is 0 Å². The summed E-state index contributed by atoms with van der Waals surface area (Å²) in [5.74, 6) is 0. The Morgan fingerprint density at radius 2 is 2.25 bits per heavy atom. The van der Waals surface area contributed by atoms with Crippen molar-refractivity contribution in [3.8, 4) is 0 Å². The van der Waals surface area contributed by atoms with Crippen molar-refractivity contribution in [3.05, 3.63) is 21.9 Å². The summed E-state index contributed by atoms with van der Waals surface area (Å²) < 4.78 is 13.9. The van der Waals surface area contributed by atoms with Gasteiger partial charge in [0.1, 0.15) is 5.67 Å². The fourth-order valence-electron chi connectivity index (χ4n) is 1.14. The Bertz CT molecular complexity index is 265. The SMILES string of the molecule is Cc1sccc1C(C)(F)C(C)N. The predicted molar refractivity (Wildman–Crippen MR) is 51.2 cm³/mol. The minimum absolute atomic E-state index is 0.467. The second-order valence-electron chi connectivity index (χ2n) is 3.25. The number of hydrogen-bond acceptors (Lipinski definition) is 2. The minimum Gasteiger partial charge on any atom is -0.325 e. The molecule has 0 spiro atoms. The molecular formula is C9H14FNS. The number of aryl methyl sites for hydroxylation is 1. The fraction of sp³-hybridized carbons (Fsp3) is 0.556. The molecule has 2 atom stereocenters. The van der Waals surface area contributed by atoms with Crippen LogP contribution in [0.1, 0.15) is 24.3 Å². The van der Waals surface area contributed by atoms with E-state index < -0.39 is 11.7 Å². The van der Waals surface area contributed by atoms with E-state index in [0.717, 1.165) is 10.4 Å². The molecule has 0 saturated heterocycles. The molecule has 68 valence electrons. The van der Waals surface area contributed by atoms with Gasteiger partial charge in [0.15, 0.2) is 0 Å². The van der Waals surface area contributed by atoms with E-state index in [1.807, 2.05) is 18.4 Å². The molecule has 0 fully saturated rings. The molecule has 1 aromatic rings. The van der Waals surface area contributed by atoms with Gasteiger partial charge >= 0.3 is 0 Å². The molecule has 0 aliphatic rings. The van der Waals surface area contributed by atoms with Crippen molar-refractivity contribution in [3.63, 3.8) is 0 Å². The Balaban J connectivity index is 3.05. The predicted octanol–water partition coefficient (Wildman–Crippen LogP) is 2.59. The van der Waals surface area contributed by atoms with Gasteiger partial charge < -0.3 is 5.73 Å². The van der Waals surface area contributed by atoms with Gasteiger partial charge in [-0.15, -0.1) is 11.3 Å². The van der Waals surface area contributed by atoms with E-state index in [1.165, 1.54) is 6.92 Å². The maximum atomic E-state index is 13.9. The molecule has 0 saturated carbocycles. The number of halogens is 1. The van der Waals surface area contributed by atoms with Crippen LogP contribution >= 0.6 is 11.3 Å². The zero-order valence-electron chi connectivity index (χ0n) is 7.60. The van der Waals surface area contributed by atoms with Crippen molar-refractivity contribution in [2.75, 3.05) is 0 Å². The van der Waals surface area contributed by atoms with Crippen LogP contribution in [0.3, 0.4) is 0 Å². The first-order valence-corrected chi connectivity index (χ1v) is 4.83. The fourth-order valence-corrected chi connectivity index (χ4v) is 1.94. The molecule has 1 heterocycles. The highest BCUT2D eigenvalue weighted by atomic mass is 32.1. The summed E-state index contributed by atoms with van der Waals surface area (Å²) in [6.45, 7) is 5.14. The van der Waals surface area contributed by atoms with E-state index in [4.69, 9.17) is 5.73 Å². The molecule has 0 amide bonds. The van der Waals surface area contributed by atoms with Crippen molar-refractivity contribution >= 4 is 11.3 Å². The van der Waals surface area contributed by atoms with Crippen LogP contribution < -0.4 is 5.73 Å². The van der Waals surface area contributed by atoms with Gasteiger partial charge in [0.2, 0.25) is 0 Å². The number of nitrogens with two attached hydrogens (primary N) is 1. The van der Waals surface area contributed by atoms with Crippen molar-refractivity contribution in [2.24, 2.45) is 5.73 Å². The lowest BCUT2D eigenvalue weighted by Crippen LogP contribution is -2.37. The molecule has 0 radical (unpaired) electrons. The zero-order valence-corrected chi connectivity index (χ0v) is 8.41. The third-order valence-electron chi connectivity index (χ3n) is 2.24. The second kappa shape index (κ2) is 3.15. The van der Waals surface area contributed by atoms with Crippen LogP contribution in [0.25, 0.3) is 0 Å². The van der Waals surface area contributed by atoms with E-state index in [1.54, 1.807) is 18.3 Å². The largest absolute Gasteiger partial charge is 0.325 e. The molecule has 0 aliphatic heterocycles. The summed E-state index contributed by atoms with van der Waals surface area (Å²) >= 11 is 1.55. The van der Waals surface area contributed by atoms with Crippen molar-refractivity contribution in [1.29, 1.82) is 0 Å². The van der Waals surface area contributed by atoms with Gasteiger partial charge in [-0.25, -0.2) is 4.39 Å². The van der Waals surface area contributed by atoms with Gasteiger partial charge in [-0.05, 0) is 32.2 Å². The lowest BCUT2D eigenvalue weighted by atomic mass is 9.92. The molecule has 2 N–H and O–H groups in total. The highest BCUT2D eigenvalue weighted by Crippen LogP contribution is 2.33. The average molecular weight is 187 g/mol.